The summed E-state index contributed by atoms with van der Waals surface area (Å²) in [5.74, 6) is 1.18. The molecule has 0 aromatic carbocycles. The van der Waals surface area contributed by atoms with E-state index in [1.165, 1.54) is 11.3 Å². The van der Waals surface area contributed by atoms with Gasteiger partial charge in [-0.05, 0) is 30.9 Å². The van der Waals surface area contributed by atoms with Crippen molar-refractivity contribution in [3.63, 3.8) is 0 Å². The lowest BCUT2D eigenvalue weighted by Gasteiger charge is -2.20. The molecule has 0 aromatic rings. The normalized spacial score (nSPS) is 21.9. The summed E-state index contributed by atoms with van der Waals surface area (Å²) in [6.07, 6.45) is 6.35. The first kappa shape index (κ1) is 13.0. The maximum Gasteiger partial charge on any atom is 0.0546 e. The second-order valence-electron chi connectivity index (χ2n) is 5.09. The summed E-state index contributed by atoms with van der Waals surface area (Å²) >= 11 is 0. The molecule has 1 unspecified atom stereocenters. The lowest BCUT2D eigenvalue weighted by molar-refractivity contribution is 0.315. The van der Waals surface area contributed by atoms with Gasteiger partial charge < -0.3 is 0 Å². The number of hydrogen-bond donors (Lipinski definition) is 1. The van der Waals surface area contributed by atoms with E-state index in [2.05, 4.69) is 58.8 Å². The van der Waals surface area contributed by atoms with Crippen LogP contribution >= 0.6 is 0 Å². The minimum Gasteiger partial charge on any atom is -0.285 e. The highest BCUT2D eigenvalue weighted by molar-refractivity contribution is 5.28. The molecule has 1 aliphatic rings. The Morgan fingerprint density at radius 2 is 2.06 bits per heavy atom. The van der Waals surface area contributed by atoms with Crippen LogP contribution in [0.5, 0.6) is 0 Å². The van der Waals surface area contributed by atoms with E-state index >= 15 is 0 Å². The van der Waals surface area contributed by atoms with Crippen LogP contribution in [0.3, 0.4) is 0 Å². The molecule has 1 rings (SSSR count). The van der Waals surface area contributed by atoms with Crippen molar-refractivity contribution >= 4 is 0 Å². The fourth-order valence-electron chi connectivity index (χ4n) is 1.55. The average Bonchev–Trinajstić information content (AvgIpc) is 2.60. The van der Waals surface area contributed by atoms with E-state index in [9.17, 15) is 0 Å². The lowest BCUT2D eigenvalue weighted by Crippen LogP contribution is -2.35. The third kappa shape index (κ3) is 2.99. The Kier molecular flexibility index (Phi) is 4.36. The van der Waals surface area contributed by atoms with Crippen LogP contribution in [-0.4, -0.2) is 11.1 Å². The van der Waals surface area contributed by atoms with Gasteiger partial charge in [-0.2, -0.15) is 0 Å². The number of hydrogen-bond acceptors (Lipinski definition) is 2. The monoisotopic (exact) mass is 220 g/mol. The summed E-state index contributed by atoms with van der Waals surface area (Å²) in [4.78, 5) is 0. The Hall–Kier alpha value is -1.02. The first-order valence-corrected chi connectivity index (χ1v) is 6.03. The Balaban J connectivity index is 2.88. The van der Waals surface area contributed by atoms with E-state index in [1.807, 2.05) is 11.2 Å². The molecule has 1 atom stereocenters. The minimum atomic E-state index is 0.407. The van der Waals surface area contributed by atoms with Crippen molar-refractivity contribution in [3.8, 4) is 0 Å². The second-order valence-corrected chi connectivity index (χ2v) is 5.09. The topological polar surface area (TPSA) is 15.3 Å². The smallest absolute Gasteiger partial charge is 0.0546 e. The molecule has 2 nitrogen and oxygen atoms in total. The van der Waals surface area contributed by atoms with Crippen molar-refractivity contribution < 1.29 is 0 Å². The molecule has 0 saturated carbocycles. The molecule has 1 heterocycles. The van der Waals surface area contributed by atoms with E-state index in [0.29, 0.717) is 17.9 Å². The van der Waals surface area contributed by atoms with Gasteiger partial charge >= 0.3 is 0 Å². The zero-order chi connectivity index (χ0) is 12.3. The summed E-state index contributed by atoms with van der Waals surface area (Å²) in [5.41, 5.74) is 6.01. The molecule has 0 aromatic heterocycles. The fraction of sp³-hybridized carbons (Fsp3) is 0.571. The third-order valence-corrected chi connectivity index (χ3v) is 3.10. The lowest BCUT2D eigenvalue weighted by atomic mass is 10.0. The van der Waals surface area contributed by atoms with E-state index in [0.717, 1.165) is 0 Å². The summed E-state index contributed by atoms with van der Waals surface area (Å²) < 4.78 is 0. The molecule has 90 valence electrons. The summed E-state index contributed by atoms with van der Waals surface area (Å²) in [5, 5.41) is 2.01. The van der Waals surface area contributed by atoms with Crippen molar-refractivity contribution in [2.75, 3.05) is 0 Å². The van der Waals surface area contributed by atoms with E-state index < -0.39 is 0 Å². The Morgan fingerprint density at radius 1 is 1.44 bits per heavy atom. The van der Waals surface area contributed by atoms with Gasteiger partial charge in [0, 0.05) is 12.2 Å². The predicted octanol–water partition coefficient (Wildman–Crippen LogP) is 3.46. The van der Waals surface area contributed by atoms with Crippen LogP contribution in [0.15, 0.2) is 36.2 Å². The molecule has 1 aliphatic heterocycles. The first-order chi connectivity index (χ1) is 7.45. The van der Waals surface area contributed by atoms with Gasteiger partial charge in [0.2, 0.25) is 0 Å². The van der Waals surface area contributed by atoms with Crippen molar-refractivity contribution in [2.45, 2.75) is 40.7 Å². The maximum atomic E-state index is 3.83. The zero-order valence-electron chi connectivity index (χ0n) is 11.1. The summed E-state index contributed by atoms with van der Waals surface area (Å²) in [6.45, 7) is 14.9. The van der Waals surface area contributed by atoms with Gasteiger partial charge in [0.05, 0.1) is 5.70 Å². The molecule has 1 N–H and O–H groups in total. The number of nitrogens with zero attached hydrogens (tertiary/aromatic N) is 1. The van der Waals surface area contributed by atoms with Crippen LogP contribution in [0, 0.1) is 11.8 Å². The van der Waals surface area contributed by atoms with E-state index in [1.54, 1.807) is 0 Å². The molecule has 0 bridgehead atoms. The molecule has 0 amide bonds. The van der Waals surface area contributed by atoms with Crippen LogP contribution in [0.25, 0.3) is 0 Å². The molecule has 0 saturated heterocycles. The first-order valence-electron chi connectivity index (χ1n) is 6.03. The average molecular weight is 220 g/mol. The highest BCUT2D eigenvalue weighted by atomic mass is 15.5. The maximum absolute atomic E-state index is 3.83. The van der Waals surface area contributed by atoms with Crippen LogP contribution in [-0.2, 0) is 0 Å². The van der Waals surface area contributed by atoms with E-state index in [4.69, 9.17) is 0 Å². The minimum absolute atomic E-state index is 0.407. The van der Waals surface area contributed by atoms with Crippen molar-refractivity contribution in [1.29, 1.82) is 0 Å². The van der Waals surface area contributed by atoms with Crippen LogP contribution in [0.4, 0.5) is 0 Å². The number of hydrazine groups is 1. The molecular weight excluding hydrogens is 196 g/mol. The van der Waals surface area contributed by atoms with Gasteiger partial charge in [-0.25, -0.2) is 5.43 Å². The van der Waals surface area contributed by atoms with Gasteiger partial charge in [0.25, 0.3) is 0 Å². The molecule has 2 heteroatoms. The number of rotatable bonds is 4. The van der Waals surface area contributed by atoms with Crippen molar-refractivity contribution in [1.82, 2.24) is 10.4 Å². The Labute approximate surface area is 99.7 Å². The Bertz CT molecular complexity index is 311. The van der Waals surface area contributed by atoms with Gasteiger partial charge in [-0.15, -0.1) is 0 Å². The van der Waals surface area contributed by atoms with Gasteiger partial charge in [-0.3, -0.25) is 5.01 Å². The fourth-order valence-corrected chi connectivity index (χ4v) is 1.55. The molecule has 0 spiro atoms. The SMILES string of the molecule is C=CN1NC(C(C)C)C=C1/C=C(\C)C(C)C. The molecule has 16 heavy (non-hydrogen) atoms. The van der Waals surface area contributed by atoms with Crippen molar-refractivity contribution in [3.05, 3.63) is 36.2 Å². The van der Waals surface area contributed by atoms with Gasteiger partial charge in [-0.1, -0.05) is 39.8 Å². The van der Waals surface area contributed by atoms with Crippen LogP contribution < -0.4 is 5.43 Å². The van der Waals surface area contributed by atoms with Crippen LogP contribution in [0.2, 0.25) is 0 Å². The molecule has 0 aliphatic carbocycles. The van der Waals surface area contributed by atoms with Gasteiger partial charge in [0.1, 0.15) is 0 Å². The highest BCUT2D eigenvalue weighted by Crippen LogP contribution is 2.21. The zero-order valence-corrected chi connectivity index (χ0v) is 11.1. The highest BCUT2D eigenvalue weighted by Gasteiger charge is 2.21. The summed E-state index contributed by atoms with van der Waals surface area (Å²) in [7, 11) is 0. The molecular formula is C14H24N2. The quantitative estimate of drug-likeness (QED) is 0.780. The second kappa shape index (κ2) is 5.35. The molecule has 0 radical (unpaired) electrons. The van der Waals surface area contributed by atoms with Crippen molar-refractivity contribution in [2.24, 2.45) is 11.8 Å². The number of nitrogens with one attached hydrogen (secondary N) is 1. The largest absolute Gasteiger partial charge is 0.285 e. The molecule has 0 fully saturated rings. The van der Waals surface area contributed by atoms with E-state index in [-0.39, 0.29) is 0 Å². The summed E-state index contributed by atoms with van der Waals surface area (Å²) in [6, 6.07) is 0.407. The predicted molar refractivity (Wildman–Crippen MR) is 70.5 cm³/mol. The Morgan fingerprint density at radius 3 is 2.50 bits per heavy atom. The number of allylic oxidation sites excluding steroid dienone is 2. The standard InChI is InChI=1S/C14H24N2/c1-7-16-13(8-12(6)10(2)3)9-14(15-16)11(4)5/h7-11,14-15H,1H2,2-6H3/b12-8+. The van der Waals surface area contributed by atoms with Gasteiger partial charge in [0.15, 0.2) is 0 Å². The third-order valence-electron chi connectivity index (χ3n) is 3.10. The van der Waals surface area contributed by atoms with Crippen LogP contribution in [0.1, 0.15) is 34.6 Å².